The first-order valence-corrected chi connectivity index (χ1v) is 6.06. The van der Waals surface area contributed by atoms with Crippen molar-refractivity contribution in [2.75, 3.05) is 20.1 Å². The van der Waals surface area contributed by atoms with E-state index in [9.17, 15) is 0 Å². The van der Waals surface area contributed by atoms with Crippen LogP contribution in [0.4, 0.5) is 0 Å². The van der Waals surface area contributed by atoms with Gasteiger partial charge in [-0.05, 0) is 37.6 Å². The highest BCUT2D eigenvalue weighted by atomic mass is 15.1. The zero-order chi connectivity index (χ0) is 11.4. The maximum Gasteiger partial charge on any atom is 0.0312 e. The normalized spacial score (nSPS) is 26.9. The van der Waals surface area contributed by atoms with Crippen LogP contribution in [0.25, 0.3) is 0 Å². The molecule has 1 aromatic rings. The standard InChI is InChI=1S/C13H21N3/c1-11-10-16(2)7-5-13(11)15-9-12-4-3-6-14-8-12/h3-4,6,8,11,13,15H,5,7,9-10H2,1-2H3. The Kier molecular flexibility index (Phi) is 3.91. The average molecular weight is 219 g/mol. The fourth-order valence-corrected chi connectivity index (χ4v) is 2.41. The van der Waals surface area contributed by atoms with E-state index < -0.39 is 0 Å². The minimum absolute atomic E-state index is 0.649. The van der Waals surface area contributed by atoms with Gasteiger partial charge in [0.05, 0.1) is 0 Å². The van der Waals surface area contributed by atoms with E-state index in [4.69, 9.17) is 0 Å². The van der Waals surface area contributed by atoms with Crippen molar-refractivity contribution in [1.82, 2.24) is 15.2 Å². The Morgan fingerprint density at radius 2 is 2.44 bits per heavy atom. The predicted molar refractivity (Wildman–Crippen MR) is 66.1 cm³/mol. The van der Waals surface area contributed by atoms with E-state index in [1.54, 1.807) is 0 Å². The number of hydrogen-bond donors (Lipinski definition) is 1. The lowest BCUT2D eigenvalue weighted by Crippen LogP contribution is -2.46. The highest BCUT2D eigenvalue weighted by Crippen LogP contribution is 2.15. The Balaban J connectivity index is 1.82. The number of likely N-dealkylation sites (tertiary alicyclic amines) is 1. The molecule has 2 atom stereocenters. The summed E-state index contributed by atoms with van der Waals surface area (Å²) >= 11 is 0. The Morgan fingerprint density at radius 3 is 3.12 bits per heavy atom. The third-order valence-corrected chi connectivity index (χ3v) is 3.40. The second-order valence-electron chi connectivity index (χ2n) is 4.88. The molecule has 0 spiro atoms. The Bertz CT molecular complexity index is 312. The first-order chi connectivity index (χ1) is 7.75. The lowest BCUT2D eigenvalue weighted by Gasteiger charge is -2.35. The number of nitrogens with zero attached hydrogens (tertiary/aromatic N) is 2. The van der Waals surface area contributed by atoms with Gasteiger partial charge in [0.15, 0.2) is 0 Å². The molecular formula is C13H21N3. The van der Waals surface area contributed by atoms with Crippen LogP contribution in [-0.4, -0.2) is 36.1 Å². The van der Waals surface area contributed by atoms with E-state index >= 15 is 0 Å². The van der Waals surface area contributed by atoms with Crippen LogP contribution in [0.5, 0.6) is 0 Å². The number of nitrogens with one attached hydrogen (secondary N) is 1. The zero-order valence-corrected chi connectivity index (χ0v) is 10.2. The Hall–Kier alpha value is -0.930. The van der Waals surface area contributed by atoms with E-state index in [2.05, 4.69) is 35.2 Å². The predicted octanol–water partition coefficient (Wildman–Crippen LogP) is 1.51. The summed E-state index contributed by atoms with van der Waals surface area (Å²) in [6.45, 7) is 5.67. The quantitative estimate of drug-likeness (QED) is 0.835. The first kappa shape index (κ1) is 11.6. The Morgan fingerprint density at radius 1 is 1.56 bits per heavy atom. The van der Waals surface area contributed by atoms with Crippen molar-refractivity contribution in [2.45, 2.75) is 25.9 Å². The SMILES string of the molecule is CC1CN(C)CCC1NCc1cccnc1. The number of rotatable bonds is 3. The molecule has 3 heteroatoms. The van der Waals surface area contributed by atoms with Crippen LogP contribution in [0, 0.1) is 5.92 Å². The fraction of sp³-hybridized carbons (Fsp3) is 0.615. The van der Waals surface area contributed by atoms with E-state index in [0.29, 0.717) is 6.04 Å². The molecule has 1 aliphatic heterocycles. The van der Waals surface area contributed by atoms with Crippen LogP contribution in [-0.2, 0) is 6.54 Å². The molecule has 1 saturated heterocycles. The smallest absolute Gasteiger partial charge is 0.0312 e. The summed E-state index contributed by atoms with van der Waals surface area (Å²) in [6.07, 6.45) is 5.01. The molecule has 0 aliphatic carbocycles. The molecule has 2 heterocycles. The van der Waals surface area contributed by atoms with Crippen molar-refractivity contribution in [2.24, 2.45) is 5.92 Å². The van der Waals surface area contributed by atoms with Gasteiger partial charge >= 0.3 is 0 Å². The molecule has 0 radical (unpaired) electrons. The molecule has 16 heavy (non-hydrogen) atoms. The summed E-state index contributed by atoms with van der Waals surface area (Å²) in [7, 11) is 2.20. The zero-order valence-electron chi connectivity index (χ0n) is 10.2. The number of aromatic nitrogens is 1. The topological polar surface area (TPSA) is 28.2 Å². The lowest BCUT2D eigenvalue weighted by molar-refractivity contribution is 0.174. The monoisotopic (exact) mass is 219 g/mol. The number of piperidine rings is 1. The maximum atomic E-state index is 4.13. The van der Waals surface area contributed by atoms with E-state index in [-0.39, 0.29) is 0 Å². The Labute approximate surface area is 97.9 Å². The molecule has 0 amide bonds. The van der Waals surface area contributed by atoms with Gasteiger partial charge in [-0.15, -0.1) is 0 Å². The van der Waals surface area contributed by atoms with Gasteiger partial charge in [-0.25, -0.2) is 0 Å². The number of pyridine rings is 1. The third-order valence-electron chi connectivity index (χ3n) is 3.40. The van der Waals surface area contributed by atoms with Crippen molar-refractivity contribution in [3.63, 3.8) is 0 Å². The molecular weight excluding hydrogens is 198 g/mol. The highest BCUT2D eigenvalue weighted by Gasteiger charge is 2.23. The number of hydrogen-bond acceptors (Lipinski definition) is 3. The second kappa shape index (κ2) is 5.41. The molecule has 1 aromatic heterocycles. The van der Waals surface area contributed by atoms with Crippen LogP contribution >= 0.6 is 0 Å². The minimum atomic E-state index is 0.649. The van der Waals surface area contributed by atoms with Gasteiger partial charge < -0.3 is 10.2 Å². The fourth-order valence-electron chi connectivity index (χ4n) is 2.41. The lowest BCUT2D eigenvalue weighted by atomic mass is 9.94. The van der Waals surface area contributed by atoms with Gasteiger partial charge in [0, 0.05) is 31.5 Å². The third kappa shape index (κ3) is 3.03. The summed E-state index contributed by atoms with van der Waals surface area (Å²) in [5, 5.41) is 3.64. The summed E-state index contributed by atoms with van der Waals surface area (Å²) < 4.78 is 0. The summed E-state index contributed by atoms with van der Waals surface area (Å²) in [5.41, 5.74) is 1.27. The molecule has 0 aromatic carbocycles. The maximum absolute atomic E-state index is 4.13. The van der Waals surface area contributed by atoms with E-state index in [1.807, 2.05) is 18.5 Å². The molecule has 0 bridgehead atoms. The van der Waals surface area contributed by atoms with Crippen LogP contribution in [0.2, 0.25) is 0 Å². The molecule has 3 nitrogen and oxygen atoms in total. The largest absolute Gasteiger partial charge is 0.310 e. The van der Waals surface area contributed by atoms with E-state index in [0.717, 1.165) is 12.5 Å². The minimum Gasteiger partial charge on any atom is -0.310 e. The van der Waals surface area contributed by atoms with Gasteiger partial charge in [-0.3, -0.25) is 4.98 Å². The molecule has 88 valence electrons. The van der Waals surface area contributed by atoms with Crippen molar-refractivity contribution >= 4 is 0 Å². The highest BCUT2D eigenvalue weighted by molar-refractivity contribution is 5.08. The van der Waals surface area contributed by atoms with Crippen LogP contribution in [0.3, 0.4) is 0 Å². The molecule has 1 fully saturated rings. The van der Waals surface area contributed by atoms with Crippen molar-refractivity contribution in [3.05, 3.63) is 30.1 Å². The van der Waals surface area contributed by atoms with Gasteiger partial charge in [-0.2, -0.15) is 0 Å². The summed E-state index contributed by atoms with van der Waals surface area (Å²) in [5.74, 6) is 0.732. The molecule has 1 N–H and O–H groups in total. The first-order valence-electron chi connectivity index (χ1n) is 6.06. The summed E-state index contributed by atoms with van der Waals surface area (Å²) in [6, 6.07) is 4.77. The molecule has 2 rings (SSSR count). The van der Waals surface area contributed by atoms with Crippen molar-refractivity contribution in [1.29, 1.82) is 0 Å². The average Bonchev–Trinajstić information content (AvgIpc) is 2.29. The van der Waals surface area contributed by atoms with Gasteiger partial charge in [0.2, 0.25) is 0 Å². The van der Waals surface area contributed by atoms with Gasteiger partial charge in [-0.1, -0.05) is 13.0 Å². The van der Waals surface area contributed by atoms with Crippen molar-refractivity contribution in [3.8, 4) is 0 Å². The van der Waals surface area contributed by atoms with Gasteiger partial charge in [0.1, 0.15) is 0 Å². The van der Waals surface area contributed by atoms with Crippen molar-refractivity contribution < 1.29 is 0 Å². The second-order valence-corrected chi connectivity index (χ2v) is 4.88. The van der Waals surface area contributed by atoms with E-state index in [1.165, 1.54) is 25.1 Å². The summed E-state index contributed by atoms with van der Waals surface area (Å²) in [4.78, 5) is 6.54. The molecule has 0 saturated carbocycles. The van der Waals surface area contributed by atoms with Crippen LogP contribution in [0.15, 0.2) is 24.5 Å². The van der Waals surface area contributed by atoms with Crippen LogP contribution in [0.1, 0.15) is 18.9 Å². The van der Waals surface area contributed by atoms with Gasteiger partial charge in [0.25, 0.3) is 0 Å². The molecule has 2 unspecified atom stereocenters. The van der Waals surface area contributed by atoms with Crippen LogP contribution < -0.4 is 5.32 Å². The molecule has 1 aliphatic rings.